The summed E-state index contributed by atoms with van der Waals surface area (Å²) in [6.45, 7) is 0. The SMILES string of the molecule is COc1cccc(-c2csc3nc(NC(=O)c4cccs4)nn23)c1. The largest absolute Gasteiger partial charge is 0.497 e. The second-order valence-electron chi connectivity index (χ2n) is 4.91. The van der Waals surface area contributed by atoms with Crippen LogP contribution in [0.3, 0.4) is 0 Å². The number of ether oxygens (including phenoxy) is 1. The van der Waals surface area contributed by atoms with Crippen LogP contribution in [-0.4, -0.2) is 27.6 Å². The summed E-state index contributed by atoms with van der Waals surface area (Å²) in [4.78, 5) is 17.8. The Morgan fingerprint density at radius 1 is 1.25 bits per heavy atom. The fraction of sp³-hybridized carbons (Fsp3) is 0.0625. The third kappa shape index (κ3) is 2.66. The number of thiophene rings is 1. The predicted octanol–water partition coefficient (Wildman–Crippen LogP) is 3.78. The van der Waals surface area contributed by atoms with E-state index in [1.54, 1.807) is 17.7 Å². The van der Waals surface area contributed by atoms with Crippen molar-refractivity contribution in [3.8, 4) is 17.0 Å². The van der Waals surface area contributed by atoms with E-state index in [4.69, 9.17) is 4.74 Å². The number of nitrogens with one attached hydrogen (secondary N) is 1. The maximum atomic E-state index is 12.1. The molecule has 0 aliphatic heterocycles. The number of methoxy groups -OCH3 is 1. The fourth-order valence-electron chi connectivity index (χ4n) is 2.29. The topological polar surface area (TPSA) is 68.5 Å². The Kier molecular flexibility index (Phi) is 3.75. The van der Waals surface area contributed by atoms with Gasteiger partial charge in [0.15, 0.2) is 0 Å². The van der Waals surface area contributed by atoms with Gasteiger partial charge in [-0.1, -0.05) is 18.2 Å². The summed E-state index contributed by atoms with van der Waals surface area (Å²) in [5, 5.41) is 11.0. The van der Waals surface area contributed by atoms with Gasteiger partial charge in [-0.05, 0) is 23.6 Å². The molecule has 0 bridgehead atoms. The van der Waals surface area contributed by atoms with E-state index >= 15 is 0 Å². The summed E-state index contributed by atoms with van der Waals surface area (Å²) in [7, 11) is 1.63. The summed E-state index contributed by atoms with van der Waals surface area (Å²) in [6, 6.07) is 11.3. The number of hydrogen-bond donors (Lipinski definition) is 1. The van der Waals surface area contributed by atoms with Crippen LogP contribution in [0.25, 0.3) is 16.2 Å². The second-order valence-corrected chi connectivity index (χ2v) is 6.70. The summed E-state index contributed by atoms with van der Waals surface area (Å²) in [6.07, 6.45) is 0. The molecule has 24 heavy (non-hydrogen) atoms. The number of anilines is 1. The molecular formula is C16H12N4O2S2. The molecule has 1 aromatic carbocycles. The number of amides is 1. The lowest BCUT2D eigenvalue weighted by molar-refractivity contribution is 0.102. The van der Waals surface area contributed by atoms with Crippen LogP contribution in [0.2, 0.25) is 0 Å². The maximum absolute atomic E-state index is 12.1. The molecule has 1 amide bonds. The van der Waals surface area contributed by atoms with E-state index in [2.05, 4.69) is 15.4 Å². The van der Waals surface area contributed by atoms with Gasteiger partial charge in [0, 0.05) is 10.9 Å². The molecule has 3 aromatic heterocycles. The van der Waals surface area contributed by atoms with E-state index < -0.39 is 0 Å². The van der Waals surface area contributed by atoms with Gasteiger partial charge in [-0.2, -0.15) is 4.98 Å². The van der Waals surface area contributed by atoms with Crippen molar-refractivity contribution in [3.63, 3.8) is 0 Å². The van der Waals surface area contributed by atoms with Crippen LogP contribution >= 0.6 is 22.7 Å². The Hall–Kier alpha value is -2.71. The monoisotopic (exact) mass is 356 g/mol. The van der Waals surface area contributed by atoms with Gasteiger partial charge in [-0.15, -0.1) is 27.8 Å². The zero-order chi connectivity index (χ0) is 16.5. The van der Waals surface area contributed by atoms with Crippen molar-refractivity contribution in [2.75, 3.05) is 12.4 Å². The Balaban J connectivity index is 1.67. The van der Waals surface area contributed by atoms with Crippen molar-refractivity contribution in [1.82, 2.24) is 14.6 Å². The third-order valence-electron chi connectivity index (χ3n) is 3.42. The number of carbonyl (C=O) groups is 1. The molecule has 4 rings (SSSR count). The van der Waals surface area contributed by atoms with E-state index in [9.17, 15) is 4.79 Å². The quantitative estimate of drug-likeness (QED) is 0.604. The number of rotatable bonds is 4. The van der Waals surface area contributed by atoms with E-state index in [0.29, 0.717) is 15.8 Å². The Morgan fingerprint density at radius 3 is 2.96 bits per heavy atom. The van der Waals surface area contributed by atoms with E-state index in [1.807, 2.05) is 41.1 Å². The Morgan fingerprint density at radius 2 is 2.17 bits per heavy atom. The van der Waals surface area contributed by atoms with Gasteiger partial charge in [-0.3, -0.25) is 10.1 Å². The number of fused-ring (bicyclic) bond motifs is 1. The van der Waals surface area contributed by atoms with E-state index in [-0.39, 0.29) is 5.91 Å². The predicted molar refractivity (Wildman–Crippen MR) is 95.1 cm³/mol. The summed E-state index contributed by atoms with van der Waals surface area (Å²) >= 11 is 2.85. The van der Waals surface area contributed by atoms with Crippen LogP contribution in [-0.2, 0) is 0 Å². The molecule has 120 valence electrons. The first-order valence-corrected chi connectivity index (χ1v) is 8.84. The molecule has 0 saturated heterocycles. The number of aromatic nitrogens is 3. The molecule has 0 fully saturated rings. The summed E-state index contributed by atoms with van der Waals surface area (Å²) < 4.78 is 6.99. The number of nitrogens with zero attached hydrogens (tertiary/aromatic N) is 3. The lowest BCUT2D eigenvalue weighted by atomic mass is 10.2. The maximum Gasteiger partial charge on any atom is 0.268 e. The molecule has 8 heteroatoms. The number of benzene rings is 1. The molecule has 0 saturated carbocycles. The summed E-state index contributed by atoms with van der Waals surface area (Å²) in [5.41, 5.74) is 1.87. The number of hydrogen-bond acceptors (Lipinski definition) is 6. The van der Waals surface area contributed by atoms with Crippen molar-refractivity contribution >= 4 is 39.5 Å². The van der Waals surface area contributed by atoms with Gasteiger partial charge >= 0.3 is 0 Å². The lowest BCUT2D eigenvalue weighted by Crippen LogP contribution is -2.11. The van der Waals surface area contributed by atoms with Gasteiger partial charge in [0.2, 0.25) is 4.96 Å². The van der Waals surface area contributed by atoms with Crippen LogP contribution in [0.5, 0.6) is 5.75 Å². The zero-order valence-corrected chi connectivity index (χ0v) is 14.2. The van der Waals surface area contributed by atoms with E-state index in [1.165, 1.54) is 22.7 Å². The Labute approximate surface area is 145 Å². The normalized spacial score (nSPS) is 10.9. The number of thiazole rings is 1. The molecule has 0 aliphatic rings. The molecule has 0 unspecified atom stereocenters. The highest BCUT2D eigenvalue weighted by atomic mass is 32.1. The molecule has 0 spiro atoms. The molecule has 0 aliphatic carbocycles. The minimum absolute atomic E-state index is 0.203. The van der Waals surface area contributed by atoms with Gasteiger partial charge in [0.25, 0.3) is 11.9 Å². The zero-order valence-electron chi connectivity index (χ0n) is 12.6. The lowest BCUT2D eigenvalue weighted by Gasteiger charge is -2.02. The molecular weight excluding hydrogens is 344 g/mol. The first-order valence-electron chi connectivity index (χ1n) is 7.08. The number of carbonyl (C=O) groups excluding carboxylic acids is 1. The smallest absolute Gasteiger partial charge is 0.268 e. The van der Waals surface area contributed by atoms with Gasteiger partial charge in [0.05, 0.1) is 17.7 Å². The van der Waals surface area contributed by atoms with Crippen LogP contribution in [0.4, 0.5) is 5.95 Å². The van der Waals surface area contributed by atoms with Gasteiger partial charge < -0.3 is 4.74 Å². The van der Waals surface area contributed by atoms with Crippen molar-refractivity contribution in [2.45, 2.75) is 0 Å². The molecule has 6 nitrogen and oxygen atoms in total. The van der Waals surface area contributed by atoms with Crippen LogP contribution in [0.1, 0.15) is 9.67 Å². The highest BCUT2D eigenvalue weighted by molar-refractivity contribution is 7.15. The van der Waals surface area contributed by atoms with Crippen LogP contribution in [0.15, 0.2) is 47.2 Å². The molecule has 3 heterocycles. The Bertz CT molecular complexity index is 1000. The fourth-order valence-corrected chi connectivity index (χ4v) is 3.74. The first-order chi connectivity index (χ1) is 11.7. The average molecular weight is 356 g/mol. The first kappa shape index (κ1) is 14.9. The minimum Gasteiger partial charge on any atom is -0.497 e. The third-order valence-corrected chi connectivity index (χ3v) is 5.10. The molecule has 1 N–H and O–H groups in total. The molecule has 0 atom stereocenters. The highest BCUT2D eigenvalue weighted by Gasteiger charge is 2.15. The minimum atomic E-state index is -0.203. The summed E-state index contributed by atoms with van der Waals surface area (Å²) in [5.74, 6) is 0.869. The van der Waals surface area contributed by atoms with Crippen molar-refractivity contribution in [1.29, 1.82) is 0 Å². The average Bonchev–Trinajstić information content (AvgIpc) is 3.31. The van der Waals surface area contributed by atoms with E-state index in [0.717, 1.165) is 17.0 Å². The van der Waals surface area contributed by atoms with Crippen LogP contribution < -0.4 is 10.1 Å². The van der Waals surface area contributed by atoms with Crippen LogP contribution in [0, 0.1) is 0 Å². The van der Waals surface area contributed by atoms with Gasteiger partial charge in [-0.25, -0.2) is 4.52 Å². The standard InChI is InChI=1S/C16H12N4O2S2/c1-22-11-5-2-4-10(8-11)12-9-24-16-18-15(19-20(12)16)17-14(21)13-6-3-7-23-13/h2-9H,1H3,(H,17,19,21). The second kappa shape index (κ2) is 6.06. The molecule has 4 aromatic rings. The van der Waals surface area contributed by atoms with Crippen molar-refractivity contribution in [3.05, 3.63) is 52.0 Å². The van der Waals surface area contributed by atoms with Crippen molar-refractivity contribution in [2.24, 2.45) is 0 Å². The highest BCUT2D eigenvalue weighted by Crippen LogP contribution is 2.28. The molecule has 0 radical (unpaired) electrons. The van der Waals surface area contributed by atoms with Crippen molar-refractivity contribution < 1.29 is 9.53 Å². The van der Waals surface area contributed by atoms with Gasteiger partial charge in [0.1, 0.15) is 5.75 Å².